The molecule has 0 bridgehead atoms. The van der Waals surface area contributed by atoms with Gasteiger partial charge in [0.2, 0.25) is 0 Å². The van der Waals surface area contributed by atoms with Crippen molar-refractivity contribution in [3.8, 4) is 0 Å². The summed E-state index contributed by atoms with van der Waals surface area (Å²) in [5.41, 5.74) is 6.98. The zero-order valence-corrected chi connectivity index (χ0v) is 13.7. The summed E-state index contributed by atoms with van der Waals surface area (Å²) in [6.07, 6.45) is 3.03. The predicted octanol–water partition coefficient (Wildman–Crippen LogP) is 3.57. The molecular formula is C17H27N3O2. The van der Waals surface area contributed by atoms with Crippen molar-refractivity contribution >= 4 is 17.5 Å². The smallest absolute Gasteiger partial charge is 0.412 e. The van der Waals surface area contributed by atoms with Crippen LogP contribution in [0.3, 0.4) is 0 Å². The van der Waals surface area contributed by atoms with E-state index < -0.39 is 11.7 Å². The van der Waals surface area contributed by atoms with Crippen LogP contribution in [0.5, 0.6) is 0 Å². The van der Waals surface area contributed by atoms with Crippen LogP contribution in [-0.4, -0.2) is 24.3 Å². The van der Waals surface area contributed by atoms with Crippen molar-refractivity contribution in [1.82, 2.24) is 0 Å². The first-order valence-electron chi connectivity index (χ1n) is 7.94. The lowest BCUT2D eigenvalue weighted by molar-refractivity contribution is 0.0636. The Kier molecular flexibility index (Phi) is 5.29. The maximum atomic E-state index is 12.0. The van der Waals surface area contributed by atoms with Crippen LogP contribution in [-0.2, 0) is 4.74 Å². The highest BCUT2D eigenvalue weighted by atomic mass is 16.6. The molecule has 1 saturated carbocycles. The molecule has 1 aliphatic rings. The summed E-state index contributed by atoms with van der Waals surface area (Å²) >= 11 is 0. The lowest BCUT2D eigenvalue weighted by Gasteiger charge is -2.24. The zero-order valence-electron chi connectivity index (χ0n) is 13.7. The third-order valence-corrected chi connectivity index (χ3v) is 3.87. The Balaban J connectivity index is 2.05. The van der Waals surface area contributed by atoms with E-state index >= 15 is 0 Å². The fourth-order valence-corrected chi connectivity index (χ4v) is 2.84. The fourth-order valence-electron chi connectivity index (χ4n) is 2.84. The van der Waals surface area contributed by atoms with Crippen LogP contribution < -0.4 is 16.4 Å². The number of para-hydroxylation sites is 2. The summed E-state index contributed by atoms with van der Waals surface area (Å²) in [6.45, 7) is 6.24. The number of carbonyl (C=O) groups is 1. The van der Waals surface area contributed by atoms with Gasteiger partial charge in [0.15, 0.2) is 0 Å². The van der Waals surface area contributed by atoms with Gasteiger partial charge in [-0.15, -0.1) is 0 Å². The number of hydrogen-bond donors (Lipinski definition) is 3. The molecule has 1 amide bonds. The molecular weight excluding hydrogens is 278 g/mol. The lowest BCUT2D eigenvalue weighted by atomic mass is 10.0. The second kappa shape index (κ2) is 7.01. The normalized spacial score (nSPS) is 21.5. The molecule has 22 heavy (non-hydrogen) atoms. The summed E-state index contributed by atoms with van der Waals surface area (Å²) in [5.74, 6) is 0.495. The van der Waals surface area contributed by atoms with Crippen molar-refractivity contribution in [2.45, 2.75) is 51.7 Å². The molecule has 0 aromatic heterocycles. The number of anilines is 2. The molecule has 0 heterocycles. The number of benzene rings is 1. The van der Waals surface area contributed by atoms with Crippen LogP contribution in [0.4, 0.5) is 16.2 Å². The van der Waals surface area contributed by atoms with E-state index in [0.29, 0.717) is 18.5 Å². The molecule has 122 valence electrons. The van der Waals surface area contributed by atoms with Crippen LogP contribution >= 0.6 is 0 Å². The highest BCUT2D eigenvalue weighted by Crippen LogP contribution is 2.30. The first kappa shape index (κ1) is 16.6. The largest absolute Gasteiger partial charge is 0.444 e. The topological polar surface area (TPSA) is 76.4 Å². The number of nitrogens with one attached hydrogen (secondary N) is 2. The van der Waals surface area contributed by atoms with Gasteiger partial charge in [0.1, 0.15) is 5.60 Å². The molecule has 1 aliphatic carbocycles. The maximum Gasteiger partial charge on any atom is 0.412 e. The Hall–Kier alpha value is -1.75. The van der Waals surface area contributed by atoms with Gasteiger partial charge in [-0.3, -0.25) is 5.32 Å². The quantitative estimate of drug-likeness (QED) is 0.794. The third kappa shape index (κ3) is 4.63. The number of hydrogen-bond acceptors (Lipinski definition) is 4. The Morgan fingerprint density at radius 3 is 2.59 bits per heavy atom. The summed E-state index contributed by atoms with van der Waals surface area (Å²) in [7, 11) is 0. The zero-order chi connectivity index (χ0) is 16.2. The van der Waals surface area contributed by atoms with E-state index in [2.05, 4.69) is 10.6 Å². The molecule has 1 fully saturated rings. The van der Waals surface area contributed by atoms with E-state index in [0.717, 1.165) is 24.2 Å². The fraction of sp³-hybridized carbons (Fsp3) is 0.588. The van der Waals surface area contributed by atoms with E-state index in [-0.39, 0.29) is 0 Å². The molecule has 5 heteroatoms. The molecule has 2 rings (SSSR count). The third-order valence-electron chi connectivity index (χ3n) is 3.87. The molecule has 0 saturated heterocycles. The summed E-state index contributed by atoms with van der Waals surface area (Å²) < 4.78 is 5.31. The van der Waals surface area contributed by atoms with Gasteiger partial charge in [-0.2, -0.15) is 0 Å². The van der Waals surface area contributed by atoms with Crippen LogP contribution in [0.15, 0.2) is 24.3 Å². The second-order valence-electron chi connectivity index (χ2n) is 6.85. The summed E-state index contributed by atoms with van der Waals surface area (Å²) in [4.78, 5) is 12.0. The van der Waals surface area contributed by atoms with Crippen molar-refractivity contribution in [2.24, 2.45) is 11.7 Å². The Morgan fingerprint density at radius 2 is 1.95 bits per heavy atom. The van der Waals surface area contributed by atoms with Crippen molar-refractivity contribution in [3.05, 3.63) is 24.3 Å². The Labute approximate surface area is 132 Å². The van der Waals surface area contributed by atoms with Gasteiger partial charge in [-0.1, -0.05) is 18.6 Å². The van der Waals surface area contributed by atoms with E-state index in [1.807, 2.05) is 45.0 Å². The minimum atomic E-state index is -0.511. The van der Waals surface area contributed by atoms with Gasteiger partial charge < -0.3 is 15.8 Å². The molecule has 0 spiro atoms. The van der Waals surface area contributed by atoms with Gasteiger partial charge in [0, 0.05) is 6.04 Å². The number of ether oxygens (including phenoxy) is 1. The highest BCUT2D eigenvalue weighted by Gasteiger charge is 2.26. The molecule has 1 aromatic rings. The van der Waals surface area contributed by atoms with Gasteiger partial charge in [0.25, 0.3) is 0 Å². The van der Waals surface area contributed by atoms with E-state index in [4.69, 9.17) is 10.5 Å². The van der Waals surface area contributed by atoms with Crippen LogP contribution in [0.25, 0.3) is 0 Å². The lowest BCUT2D eigenvalue weighted by Crippen LogP contribution is -2.30. The minimum absolute atomic E-state index is 0.367. The van der Waals surface area contributed by atoms with Crippen molar-refractivity contribution in [2.75, 3.05) is 17.2 Å². The van der Waals surface area contributed by atoms with Crippen molar-refractivity contribution in [1.29, 1.82) is 0 Å². The maximum absolute atomic E-state index is 12.0. The van der Waals surface area contributed by atoms with E-state index in [1.165, 1.54) is 6.42 Å². The standard InChI is InChI=1S/C17H27N3O2/c1-17(2,3)22-16(21)20-15-9-5-4-8-14(15)19-13-10-6-7-12(13)11-18/h4-5,8-9,12-13,19H,6-7,10-11,18H2,1-3H3,(H,20,21). The average Bonchev–Trinajstić information content (AvgIpc) is 2.86. The van der Waals surface area contributed by atoms with Crippen LogP contribution in [0.2, 0.25) is 0 Å². The molecule has 0 aliphatic heterocycles. The Bertz CT molecular complexity index is 511. The van der Waals surface area contributed by atoms with Gasteiger partial charge >= 0.3 is 6.09 Å². The van der Waals surface area contributed by atoms with Crippen LogP contribution in [0, 0.1) is 5.92 Å². The predicted molar refractivity (Wildman–Crippen MR) is 90.1 cm³/mol. The molecule has 4 N–H and O–H groups in total. The number of carbonyl (C=O) groups excluding carboxylic acids is 1. The molecule has 1 aromatic carbocycles. The SMILES string of the molecule is CC(C)(C)OC(=O)Nc1ccccc1NC1CCCC1CN. The summed E-state index contributed by atoms with van der Waals surface area (Å²) in [6, 6.07) is 8.06. The summed E-state index contributed by atoms with van der Waals surface area (Å²) in [5, 5.41) is 6.35. The van der Waals surface area contributed by atoms with Crippen molar-refractivity contribution < 1.29 is 9.53 Å². The first-order chi connectivity index (χ1) is 10.4. The molecule has 0 radical (unpaired) electrons. The number of rotatable bonds is 4. The second-order valence-corrected chi connectivity index (χ2v) is 6.85. The van der Waals surface area contributed by atoms with Gasteiger partial charge in [-0.25, -0.2) is 4.79 Å². The monoisotopic (exact) mass is 305 g/mol. The van der Waals surface area contributed by atoms with Gasteiger partial charge in [0.05, 0.1) is 11.4 Å². The average molecular weight is 305 g/mol. The van der Waals surface area contributed by atoms with E-state index in [9.17, 15) is 4.79 Å². The molecule has 2 atom stereocenters. The number of amides is 1. The molecule has 5 nitrogen and oxygen atoms in total. The van der Waals surface area contributed by atoms with E-state index in [1.54, 1.807) is 0 Å². The molecule has 2 unspecified atom stereocenters. The van der Waals surface area contributed by atoms with Crippen LogP contribution in [0.1, 0.15) is 40.0 Å². The Morgan fingerprint density at radius 1 is 1.27 bits per heavy atom. The highest BCUT2D eigenvalue weighted by molar-refractivity contribution is 5.89. The minimum Gasteiger partial charge on any atom is -0.444 e. The van der Waals surface area contributed by atoms with Crippen molar-refractivity contribution in [3.63, 3.8) is 0 Å². The van der Waals surface area contributed by atoms with Gasteiger partial charge in [-0.05, 0) is 58.2 Å². The number of nitrogens with two attached hydrogens (primary N) is 1. The first-order valence-corrected chi connectivity index (χ1v) is 7.94.